The van der Waals surface area contributed by atoms with Gasteiger partial charge < -0.3 is 74.5 Å². The number of esters is 2. The zero-order valence-electron chi connectivity index (χ0n) is 78.0. The van der Waals surface area contributed by atoms with Gasteiger partial charge in [-0.1, -0.05) is 259 Å². The number of thiophene rings is 4. The van der Waals surface area contributed by atoms with Gasteiger partial charge in [0.25, 0.3) is 11.8 Å². The van der Waals surface area contributed by atoms with Crippen LogP contribution < -0.4 is 26.2 Å². The molecule has 4 fully saturated rings. The molecule has 4 aromatic heterocycles. The number of halogens is 4. The third-order valence-electron chi connectivity index (χ3n) is 24.1. The number of aldehydes is 1. The molecule has 0 saturated carbocycles. The number of hydrogen-bond acceptors (Lipinski definition) is 22. The van der Waals surface area contributed by atoms with E-state index in [9.17, 15) is 53.1 Å². The molecule has 0 spiro atoms. The number of nitrogens with one attached hydrogen (secondary N) is 2. The number of carbonyl (C=O) groups excluding carboxylic acids is 9. The number of benzene rings is 9. The standard InChI is InChI=1S/C33H30Cl2N2O4S.C26H28N2O4S.C24H22Cl2N2O3S.C14H17NO3.C12H11NO2S/c1-22(38)31-29(19-30(42-31)25-10-6-3-7-11-25)37(32(39)27-13-12-26(34)18-28(27)35)20-23-14-16-36(17-15-23)33(40)41-21-24-8-4-2-5-9-24;1-31-25(29)24-22(16-23(33-24)21-10-6-3-7-11-21)27-17-19-12-14-28(15-13-19)26(30)32-18-20-8-4-2-5-9-20;25-17-6-7-18(19(26)12-17)23(29)28(14-15-8-10-27-11-9-15)20-13-21(32-22(20)24(30)31)16-4-2-1-3-5-16;16-10-12-6-8-15(9-7-12)14(17)18-11-13-4-2-1-3-5-13;1-15-12(14)11-9(13)7-10(16-11)8-5-3-2-4-6-8/h2-13,18-19,23H,14-17,20-21H2,1H3;2-11,16,19,27H,12-15,17-18H2,1H3;1-7,12-13,15,27H,8-11,14H2,(H,30,31);1-5,10,12H,6-9,11H2;2-7H,13H2,1H3. The molecule has 4 aliphatic rings. The van der Waals surface area contributed by atoms with Gasteiger partial charge in [-0.05, 0) is 182 Å². The summed E-state index contributed by atoms with van der Waals surface area (Å²) < 4.78 is 25.9. The Morgan fingerprint density at radius 2 is 0.752 bits per heavy atom. The summed E-state index contributed by atoms with van der Waals surface area (Å²) in [6, 6.07) is 85.1. The first-order valence-corrected chi connectivity index (χ1v) is 50.9. The molecule has 5 N–H and O–H groups in total. The normalized spacial score (nSPS) is 13.8. The van der Waals surface area contributed by atoms with Crippen molar-refractivity contribution in [2.75, 3.05) is 107 Å². The number of nitrogen functional groups attached to an aromatic ring is 1. The van der Waals surface area contributed by atoms with Crippen LogP contribution in [-0.2, 0) is 48.3 Å². The van der Waals surface area contributed by atoms with Crippen LogP contribution in [0.3, 0.4) is 0 Å². The molecule has 0 unspecified atom stereocenters. The first-order chi connectivity index (χ1) is 68.4. The predicted molar refractivity (Wildman–Crippen MR) is 562 cm³/mol. The number of ether oxygens (including phenoxy) is 5. The van der Waals surface area contributed by atoms with E-state index in [-0.39, 0.29) is 87.1 Å². The number of nitrogens with zero attached hydrogens (tertiary/aromatic N) is 5. The van der Waals surface area contributed by atoms with E-state index < -0.39 is 5.97 Å². The lowest BCUT2D eigenvalue weighted by Gasteiger charge is -2.34. The zero-order chi connectivity index (χ0) is 99.7. The lowest BCUT2D eigenvalue weighted by atomic mass is 9.95. The summed E-state index contributed by atoms with van der Waals surface area (Å²) in [5.41, 5.74) is 15.5. The number of aromatic carboxylic acids is 1. The topological polar surface area (TPSA) is 303 Å². The van der Waals surface area contributed by atoms with E-state index >= 15 is 0 Å². The van der Waals surface area contributed by atoms with Gasteiger partial charge in [-0.25, -0.2) is 28.8 Å². The Kier molecular flexibility index (Phi) is 39.6. The van der Waals surface area contributed by atoms with Crippen LogP contribution in [0.4, 0.5) is 37.1 Å². The highest BCUT2D eigenvalue weighted by Crippen LogP contribution is 2.43. The number of hydrogen-bond donors (Lipinski definition) is 4. The van der Waals surface area contributed by atoms with E-state index in [4.69, 9.17) is 71.1 Å². The molecule has 732 valence electrons. The van der Waals surface area contributed by atoms with E-state index in [0.29, 0.717) is 137 Å². The van der Waals surface area contributed by atoms with Gasteiger partial charge >= 0.3 is 36.2 Å². The van der Waals surface area contributed by atoms with Crippen LogP contribution in [-0.4, -0.2) is 166 Å². The van der Waals surface area contributed by atoms with Crippen LogP contribution in [0.15, 0.2) is 273 Å². The van der Waals surface area contributed by atoms with Crippen LogP contribution in [0.5, 0.6) is 0 Å². The Morgan fingerprint density at radius 3 is 1.13 bits per heavy atom. The van der Waals surface area contributed by atoms with Crippen molar-refractivity contribution in [2.45, 2.75) is 78.1 Å². The molecule has 17 rings (SSSR count). The lowest BCUT2D eigenvalue weighted by molar-refractivity contribution is -0.112. The van der Waals surface area contributed by atoms with Crippen molar-refractivity contribution >= 4 is 175 Å². The molecule has 0 aliphatic carbocycles. The molecule has 24 nitrogen and oxygen atoms in total. The van der Waals surface area contributed by atoms with Gasteiger partial charge in [-0.2, -0.15) is 0 Å². The fourth-order valence-corrected chi connectivity index (χ4v) is 21.4. The lowest BCUT2D eigenvalue weighted by Crippen LogP contribution is -2.43. The largest absolute Gasteiger partial charge is 0.477 e. The van der Waals surface area contributed by atoms with E-state index in [0.717, 1.165) is 129 Å². The van der Waals surface area contributed by atoms with Crippen LogP contribution >= 0.6 is 91.8 Å². The molecule has 0 atom stereocenters. The number of methoxy groups -OCH3 is 2. The Hall–Kier alpha value is -13.0. The quantitative estimate of drug-likeness (QED) is 0.0169. The smallest absolute Gasteiger partial charge is 0.410 e. The van der Waals surface area contributed by atoms with E-state index in [1.54, 1.807) is 67.0 Å². The van der Waals surface area contributed by atoms with Crippen molar-refractivity contribution in [1.29, 1.82) is 0 Å². The number of anilines is 4. The minimum Gasteiger partial charge on any atom is -0.477 e. The van der Waals surface area contributed by atoms with Crippen molar-refractivity contribution in [3.63, 3.8) is 0 Å². The zero-order valence-corrected chi connectivity index (χ0v) is 84.2. The van der Waals surface area contributed by atoms with Crippen molar-refractivity contribution in [3.05, 3.63) is 340 Å². The van der Waals surface area contributed by atoms with E-state index in [1.807, 2.05) is 224 Å². The Labute approximate surface area is 855 Å². The monoisotopic (exact) mass is 2050 g/mol. The summed E-state index contributed by atoms with van der Waals surface area (Å²) >= 11 is 30.3. The number of rotatable bonds is 26. The van der Waals surface area contributed by atoms with Crippen molar-refractivity contribution in [3.8, 4) is 41.8 Å². The number of carbonyl (C=O) groups is 10. The second-order valence-corrected chi connectivity index (χ2v) is 39.7. The van der Waals surface area contributed by atoms with Gasteiger partial charge in [0.15, 0.2) is 5.78 Å². The van der Waals surface area contributed by atoms with Crippen LogP contribution in [0.25, 0.3) is 41.8 Å². The highest BCUT2D eigenvalue weighted by atomic mass is 35.5. The van der Waals surface area contributed by atoms with E-state index in [1.165, 1.54) is 72.6 Å². The predicted octanol–water partition coefficient (Wildman–Crippen LogP) is 25.4. The molecule has 4 saturated heterocycles. The van der Waals surface area contributed by atoms with Gasteiger partial charge in [0.05, 0.1) is 63.0 Å². The Bertz CT molecular complexity index is 6360. The maximum absolute atomic E-state index is 14.1. The number of ketones is 1. The summed E-state index contributed by atoms with van der Waals surface area (Å²) in [5, 5.41) is 18.1. The van der Waals surface area contributed by atoms with Crippen LogP contribution in [0, 0.1) is 23.7 Å². The number of carboxylic acid groups (broad SMARTS) is 1. The Balaban J connectivity index is 0.000000154. The molecular formula is C109H108Cl4N8O16S4. The first-order valence-electron chi connectivity index (χ1n) is 46.1. The molecule has 0 bridgehead atoms. The van der Waals surface area contributed by atoms with Crippen LogP contribution in [0.1, 0.15) is 134 Å². The van der Waals surface area contributed by atoms with Crippen LogP contribution in [0.2, 0.25) is 20.1 Å². The third-order valence-corrected chi connectivity index (χ3v) is 29.9. The summed E-state index contributed by atoms with van der Waals surface area (Å²) in [6.07, 6.45) is 6.53. The molecule has 5 amide bonds. The van der Waals surface area contributed by atoms with Gasteiger partial charge in [0.2, 0.25) is 0 Å². The fraction of sp³-hybridized carbons (Fsp3) is 0.266. The second-order valence-electron chi connectivity index (χ2n) is 33.8. The van der Waals surface area contributed by atoms with Gasteiger partial charge in [0, 0.05) is 101 Å². The number of amides is 5. The third kappa shape index (κ3) is 30.0. The van der Waals surface area contributed by atoms with Crippen molar-refractivity contribution < 1.29 is 76.7 Å². The minimum atomic E-state index is -1.06. The molecule has 32 heteroatoms. The average molecular weight is 2060 g/mol. The molecule has 141 heavy (non-hydrogen) atoms. The number of nitrogens with two attached hydrogens (primary N) is 1. The summed E-state index contributed by atoms with van der Waals surface area (Å²) in [6.45, 7) is 9.19. The number of likely N-dealkylation sites (tertiary alicyclic amines) is 3. The molecular weight excluding hydrogens is 1950 g/mol. The average Bonchev–Trinajstić information content (AvgIpc) is 1.64. The molecule has 4 aliphatic heterocycles. The SMILES string of the molecule is CC(=O)c1sc(-c2ccccc2)cc1N(CC1CCN(C(=O)OCc2ccccc2)CC1)C(=O)c1ccc(Cl)cc1Cl.COC(=O)c1sc(-c2ccccc2)cc1N.COC(=O)c1sc(-c2ccccc2)cc1NCC1CCN(C(=O)OCc2ccccc2)CC1.O=C(O)c1sc(-c2ccccc2)cc1N(CC1CCNCC1)C(=O)c1ccc(Cl)cc1Cl.O=CC1CCN(C(=O)OCc2ccccc2)CC1. The highest BCUT2D eigenvalue weighted by Gasteiger charge is 2.35. The summed E-state index contributed by atoms with van der Waals surface area (Å²) in [7, 11) is 2.75. The number of Topliss-reactive ketones (excluding diaryl/α,β-unsaturated/α-hetero) is 1. The number of carboxylic acids is 1. The minimum absolute atomic E-state index is 0.0954. The highest BCUT2D eigenvalue weighted by molar-refractivity contribution is 7.19. The van der Waals surface area contributed by atoms with Gasteiger partial charge in [-0.3, -0.25) is 14.4 Å². The summed E-state index contributed by atoms with van der Waals surface area (Å²) in [4.78, 5) is 138. The Morgan fingerprint density at radius 1 is 0.418 bits per heavy atom. The molecule has 9 aromatic carbocycles. The second kappa shape index (κ2) is 53.0. The van der Waals surface area contributed by atoms with E-state index in [2.05, 4.69) is 15.4 Å². The van der Waals surface area contributed by atoms with Crippen molar-refractivity contribution in [2.24, 2.45) is 23.7 Å². The van der Waals surface area contributed by atoms with Gasteiger partial charge in [0.1, 0.15) is 40.7 Å². The number of piperidine rings is 4. The maximum atomic E-state index is 14.1. The molecule has 8 heterocycles. The molecule has 0 radical (unpaired) electrons. The van der Waals surface area contributed by atoms with Crippen molar-refractivity contribution in [1.82, 2.24) is 20.0 Å². The van der Waals surface area contributed by atoms with Gasteiger partial charge in [-0.15, -0.1) is 45.3 Å². The fourth-order valence-electron chi connectivity index (χ4n) is 16.3. The first kappa shape index (κ1) is 105. The summed E-state index contributed by atoms with van der Waals surface area (Å²) in [5.74, 6) is -1.66. The maximum Gasteiger partial charge on any atom is 0.410 e. The molecule has 13 aromatic rings.